The quantitative estimate of drug-likeness (QED) is 0.559. The monoisotopic (exact) mass is 422 g/mol. The molecule has 2 aromatic carbocycles. The molecule has 0 atom stereocenters. The van der Waals surface area contributed by atoms with Crippen molar-refractivity contribution in [3.63, 3.8) is 0 Å². The van der Waals surface area contributed by atoms with Gasteiger partial charge in [-0.25, -0.2) is 0 Å². The Morgan fingerprint density at radius 2 is 1.77 bits per heavy atom. The number of carbonyl (C=O) groups excluding carboxylic acids is 3. The Hall–Kier alpha value is -3.35. The van der Waals surface area contributed by atoms with Gasteiger partial charge in [-0.3, -0.25) is 14.4 Å². The van der Waals surface area contributed by atoms with Crippen molar-refractivity contribution in [1.29, 1.82) is 0 Å². The minimum Gasteiger partial charge on any atom is -0.496 e. The molecule has 31 heavy (non-hydrogen) atoms. The van der Waals surface area contributed by atoms with Crippen LogP contribution in [0.1, 0.15) is 42.1 Å². The van der Waals surface area contributed by atoms with Gasteiger partial charge in [0.1, 0.15) is 11.5 Å². The zero-order chi connectivity index (χ0) is 22.0. The molecule has 0 radical (unpaired) electrons. The van der Waals surface area contributed by atoms with Crippen molar-refractivity contribution < 1.29 is 23.9 Å². The molecule has 7 heteroatoms. The molecular weight excluding hydrogens is 396 g/mol. The number of carbonyl (C=O) groups is 3. The molecule has 0 aliphatic carbocycles. The van der Waals surface area contributed by atoms with Gasteiger partial charge < -0.3 is 19.3 Å². The number of ether oxygens (including phenoxy) is 2. The third-order valence-electron chi connectivity index (χ3n) is 5.91. The second kappa shape index (κ2) is 8.79. The van der Waals surface area contributed by atoms with Gasteiger partial charge in [0.2, 0.25) is 5.91 Å². The second-order valence-corrected chi connectivity index (χ2v) is 7.87. The van der Waals surface area contributed by atoms with Crippen LogP contribution in [0.15, 0.2) is 42.5 Å². The van der Waals surface area contributed by atoms with E-state index >= 15 is 0 Å². The van der Waals surface area contributed by atoms with Gasteiger partial charge in [0, 0.05) is 44.2 Å². The van der Waals surface area contributed by atoms with Crippen LogP contribution < -0.4 is 14.4 Å². The van der Waals surface area contributed by atoms with E-state index < -0.39 is 5.97 Å². The van der Waals surface area contributed by atoms with Crippen molar-refractivity contribution in [1.82, 2.24) is 4.90 Å². The van der Waals surface area contributed by atoms with E-state index in [1.165, 1.54) is 19.6 Å². The molecular formula is C24H26N2O5. The SMILES string of the molecule is COc1cc(OC(C)=O)ccc1C(=O)N1CCC(N2C(=O)CCc3ccccc32)CC1. The summed E-state index contributed by atoms with van der Waals surface area (Å²) in [6.07, 6.45) is 2.76. The summed E-state index contributed by atoms with van der Waals surface area (Å²) < 4.78 is 10.4. The first-order valence-electron chi connectivity index (χ1n) is 10.5. The molecule has 0 saturated carbocycles. The number of hydrogen-bond donors (Lipinski definition) is 0. The molecule has 0 unspecified atom stereocenters. The number of methoxy groups -OCH3 is 1. The molecule has 2 aromatic rings. The van der Waals surface area contributed by atoms with Crippen LogP contribution in [0.3, 0.4) is 0 Å². The van der Waals surface area contributed by atoms with Crippen molar-refractivity contribution >= 4 is 23.5 Å². The van der Waals surface area contributed by atoms with E-state index in [4.69, 9.17) is 9.47 Å². The number of aryl methyl sites for hydroxylation is 1. The van der Waals surface area contributed by atoms with Gasteiger partial charge in [0.15, 0.2) is 0 Å². The van der Waals surface area contributed by atoms with Crippen LogP contribution >= 0.6 is 0 Å². The average Bonchev–Trinajstić information content (AvgIpc) is 2.78. The number of para-hydroxylation sites is 1. The Morgan fingerprint density at radius 1 is 1.03 bits per heavy atom. The maximum absolute atomic E-state index is 13.1. The van der Waals surface area contributed by atoms with Crippen LogP contribution in [0.25, 0.3) is 0 Å². The van der Waals surface area contributed by atoms with E-state index in [0.29, 0.717) is 36.6 Å². The van der Waals surface area contributed by atoms with Crippen molar-refractivity contribution in [3.8, 4) is 11.5 Å². The maximum atomic E-state index is 13.1. The van der Waals surface area contributed by atoms with E-state index in [2.05, 4.69) is 6.07 Å². The highest BCUT2D eigenvalue weighted by Gasteiger charge is 2.34. The van der Waals surface area contributed by atoms with Crippen LogP contribution in [0.4, 0.5) is 5.69 Å². The van der Waals surface area contributed by atoms with E-state index in [-0.39, 0.29) is 17.9 Å². The Morgan fingerprint density at radius 3 is 2.48 bits per heavy atom. The Balaban J connectivity index is 1.46. The lowest BCUT2D eigenvalue weighted by molar-refractivity contribution is -0.131. The number of fused-ring (bicyclic) bond motifs is 1. The average molecular weight is 422 g/mol. The molecule has 4 rings (SSSR count). The number of piperidine rings is 1. The van der Waals surface area contributed by atoms with Gasteiger partial charge in [0.05, 0.1) is 12.7 Å². The maximum Gasteiger partial charge on any atom is 0.308 e. The zero-order valence-electron chi connectivity index (χ0n) is 17.8. The first-order valence-corrected chi connectivity index (χ1v) is 10.5. The highest BCUT2D eigenvalue weighted by Crippen LogP contribution is 2.33. The number of nitrogens with zero attached hydrogens (tertiary/aromatic N) is 2. The number of likely N-dealkylation sites (tertiary alicyclic amines) is 1. The summed E-state index contributed by atoms with van der Waals surface area (Å²) in [7, 11) is 1.48. The number of hydrogen-bond acceptors (Lipinski definition) is 5. The molecule has 1 fully saturated rings. The Labute approximate surface area is 181 Å². The summed E-state index contributed by atoms with van der Waals surface area (Å²) in [5.74, 6) is 0.297. The highest BCUT2D eigenvalue weighted by atomic mass is 16.5. The van der Waals surface area contributed by atoms with Crippen LogP contribution in [0.5, 0.6) is 11.5 Å². The summed E-state index contributed by atoms with van der Waals surface area (Å²) >= 11 is 0. The second-order valence-electron chi connectivity index (χ2n) is 7.87. The van der Waals surface area contributed by atoms with Gasteiger partial charge in [-0.05, 0) is 43.0 Å². The van der Waals surface area contributed by atoms with Gasteiger partial charge in [-0.1, -0.05) is 18.2 Å². The number of benzene rings is 2. The summed E-state index contributed by atoms with van der Waals surface area (Å²) in [4.78, 5) is 40.7. The normalized spacial score (nSPS) is 16.6. The summed E-state index contributed by atoms with van der Waals surface area (Å²) in [5, 5.41) is 0. The topological polar surface area (TPSA) is 76.2 Å². The summed E-state index contributed by atoms with van der Waals surface area (Å²) in [5.41, 5.74) is 2.64. The standard InChI is InChI=1S/C24H26N2O5/c1-16(27)31-19-8-9-20(22(15-19)30-2)24(29)25-13-11-18(12-14-25)26-21-6-4-3-5-17(21)7-10-23(26)28/h3-6,8-9,15,18H,7,10-14H2,1-2H3. The van der Waals surface area contributed by atoms with Crippen LogP contribution in [-0.4, -0.2) is 48.9 Å². The van der Waals surface area contributed by atoms with Crippen LogP contribution in [0, 0.1) is 0 Å². The molecule has 0 N–H and O–H groups in total. The first-order chi connectivity index (χ1) is 15.0. The van der Waals surface area contributed by atoms with Gasteiger partial charge in [0.25, 0.3) is 5.91 Å². The molecule has 0 spiro atoms. The number of esters is 1. The molecule has 162 valence electrons. The van der Waals surface area contributed by atoms with Crippen molar-refractivity contribution in [2.75, 3.05) is 25.1 Å². The van der Waals surface area contributed by atoms with E-state index in [1.54, 1.807) is 23.1 Å². The first kappa shape index (κ1) is 20.9. The molecule has 0 aromatic heterocycles. The largest absolute Gasteiger partial charge is 0.496 e. The number of rotatable bonds is 4. The van der Waals surface area contributed by atoms with Gasteiger partial charge in [-0.15, -0.1) is 0 Å². The Kier molecular flexibility index (Phi) is 5.93. The highest BCUT2D eigenvalue weighted by molar-refractivity contribution is 5.98. The van der Waals surface area contributed by atoms with Crippen LogP contribution in [0.2, 0.25) is 0 Å². The molecule has 2 heterocycles. The fourth-order valence-corrected chi connectivity index (χ4v) is 4.43. The molecule has 0 bridgehead atoms. The van der Waals surface area contributed by atoms with Gasteiger partial charge >= 0.3 is 5.97 Å². The lowest BCUT2D eigenvalue weighted by atomic mass is 9.95. The number of anilines is 1. The molecule has 7 nitrogen and oxygen atoms in total. The minimum absolute atomic E-state index is 0.0891. The molecule has 2 aliphatic rings. The van der Waals surface area contributed by atoms with Crippen molar-refractivity contribution in [2.24, 2.45) is 0 Å². The van der Waals surface area contributed by atoms with Crippen molar-refractivity contribution in [3.05, 3.63) is 53.6 Å². The predicted octanol–water partition coefficient (Wildman–Crippen LogP) is 3.20. The Bertz CT molecular complexity index is 1010. The smallest absolute Gasteiger partial charge is 0.308 e. The van der Waals surface area contributed by atoms with E-state index in [0.717, 1.165) is 24.9 Å². The third-order valence-corrected chi connectivity index (χ3v) is 5.91. The zero-order valence-corrected chi connectivity index (χ0v) is 17.8. The fraction of sp³-hybridized carbons (Fsp3) is 0.375. The predicted molar refractivity (Wildman–Crippen MR) is 115 cm³/mol. The van der Waals surface area contributed by atoms with E-state index in [1.807, 2.05) is 23.1 Å². The minimum atomic E-state index is -0.433. The molecule has 1 saturated heterocycles. The summed E-state index contributed by atoms with van der Waals surface area (Å²) in [6, 6.07) is 12.9. The van der Waals surface area contributed by atoms with Crippen LogP contribution in [-0.2, 0) is 16.0 Å². The lowest BCUT2D eigenvalue weighted by Crippen LogP contribution is -2.50. The lowest BCUT2D eigenvalue weighted by Gasteiger charge is -2.41. The third kappa shape index (κ3) is 4.26. The van der Waals surface area contributed by atoms with Gasteiger partial charge in [-0.2, -0.15) is 0 Å². The van der Waals surface area contributed by atoms with E-state index in [9.17, 15) is 14.4 Å². The summed E-state index contributed by atoms with van der Waals surface area (Å²) in [6.45, 7) is 2.44. The number of amides is 2. The fourth-order valence-electron chi connectivity index (χ4n) is 4.43. The molecule has 2 aliphatic heterocycles. The van der Waals surface area contributed by atoms with Crippen molar-refractivity contribution in [2.45, 2.75) is 38.6 Å². The molecule has 2 amide bonds.